The van der Waals surface area contributed by atoms with Crippen LogP contribution in [0.3, 0.4) is 0 Å². The molecule has 0 saturated carbocycles. The summed E-state index contributed by atoms with van der Waals surface area (Å²) in [5, 5.41) is 1.00. The number of para-hydroxylation sites is 1. The van der Waals surface area contributed by atoms with Crippen molar-refractivity contribution in [3.8, 4) is 11.5 Å². The summed E-state index contributed by atoms with van der Waals surface area (Å²) < 4.78 is 10.9. The molecule has 1 atom stereocenters. The summed E-state index contributed by atoms with van der Waals surface area (Å²) in [5.74, 6) is 1.65. The van der Waals surface area contributed by atoms with Gasteiger partial charge in [0.2, 0.25) is 0 Å². The molecule has 0 amide bonds. The third-order valence-corrected chi connectivity index (χ3v) is 5.83. The molecule has 3 aromatic rings. The Hall–Kier alpha value is -2.79. The summed E-state index contributed by atoms with van der Waals surface area (Å²) in [7, 11) is 3.31. The summed E-state index contributed by atoms with van der Waals surface area (Å²) in [6, 6.07) is 12.2. The van der Waals surface area contributed by atoms with E-state index in [1.165, 1.54) is 11.1 Å². The van der Waals surface area contributed by atoms with Crippen LogP contribution in [0, 0.1) is 6.92 Å². The second-order valence-electron chi connectivity index (χ2n) is 7.40. The average molecular weight is 378 g/mol. The molecule has 5 nitrogen and oxygen atoms in total. The predicted octanol–water partition coefficient (Wildman–Crippen LogP) is 4.30. The van der Waals surface area contributed by atoms with Gasteiger partial charge in [-0.05, 0) is 49.6 Å². The Bertz CT molecular complexity index is 1040. The number of aromatic amines is 1. The number of Topliss-reactive ketones (excluding diaryl/α,β-unsaturated/α-hetero) is 1. The van der Waals surface area contributed by atoms with Crippen molar-refractivity contribution in [2.24, 2.45) is 0 Å². The number of carbonyl (C=O) groups is 1. The number of hydrogen-bond acceptors (Lipinski definition) is 4. The topological polar surface area (TPSA) is 54.6 Å². The number of rotatable bonds is 5. The molecule has 4 rings (SSSR count). The van der Waals surface area contributed by atoms with Crippen molar-refractivity contribution in [2.75, 3.05) is 27.3 Å². The molecule has 146 valence electrons. The van der Waals surface area contributed by atoms with Gasteiger partial charge in [0.05, 0.1) is 20.8 Å². The number of nitrogens with one attached hydrogen (secondary N) is 1. The Labute approximate surface area is 165 Å². The van der Waals surface area contributed by atoms with E-state index in [1.54, 1.807) is 14.2 Å². The van der Waals surface area contributed by atoms with Crippen LogP contribution < -0.4 is 9.47 Å². The van der Waals surface area contributed by atoms with Crippen LogP contribution >= 0.6 is 0 Å². The standard InChI is InChI=1S/C23H26N2O3/c1-14-23(17-7-5-6-8-19(17)24-14)20(26)13-25-10-9-16-11-21(27-3)22(28-4)12-18(16)15(25)2/h5-8,11-12,15,24H,9-10,13H2,1-4H3/t15-/m1/s1. The van der Waals surface area contributed by atoms with Crippen LogP contribution in [0.5, 0.6) is 11.5 Å². The van der Waals surface area contributed by atoms with Gasteiger partial charge in [0.1, 0.15) is 0 Å². The fourth-order valence-corrected chi connectivity index (χ4v) is 4.31. The molecule has 2 heterocycles. The van der Waals surface area contributed by atoms with Gasteiger partial charge in [0, 0.05) is 34.7 Å². The van der Waals surface area contributed by atoms with Crippen molar-refractivity contribution in [3.05, 3.63) is 58.8 Å². The molecule has 1 aromatic heterocycles. The maximum absolute atomic E-state index is 13.2. The number of methoxy groups -OCH3 is 2. The van der Waals surface area contributed by atoms with Crippen molar-refractivity contribution in [3.63, 3.8) is 0 Å². The van der Waals surface area contributed by atoms with Gasteiger partial charge in [-0.15, -0.1) is 0 Å². The second-order valence-corrected chi connectivity index (χ2v) is 7.40. The fourth-order valence-electron chi connectivity index (χ4n) is 4.31. The third-order valence-electron chi connectivity index (χ3n) is 5.83. The number of benzene rings is 2. The van der Waals surface area contributed by atoms with E-state index < -0.39 is 0 Å². The zero-order valence-electron chi connectivity index (χ0n) is 16.8. The van der Waals surface area contributed by atoms with E-state index in [-0.39, 0.29) is 11.8 Å². The molecule has 5 heteroatoms. The summed E-state index contributed by atoms with van der Waals surface area (Å²) in [6.45, 7) is 5.37. The van der Waals surface area contributed by atoms with Crippen LogP contribution in [0.1, 0.15) is 40.1 Å². The molecule has 2 aromatic carbocycles. The first-order valence-corrected chi connectivity index (χ1v) is 9.62. The Balaban J connectivity index is 1.61. The van der Waals surface area contributed by atoms with Crippen LogP contribution in [-0.4, -0.2) is 43.0 Å². The predicted molar refractivity (Wildman–Crippen MR) is 111 cm³/mol. The van der Waals surface area contributed by atoms with Gasteiger partial charge in [-0.1, -0.05) is 18.2 Å². The lowest BCUT2D eigenvalue weighted by molar-refractivity contribution is 0.0891. The Kier molecular flexibility index (Phi) is 4.85. The number of H-pyrrole nitrogens is 1. The first-order valence-electron chi connectivity index (χ1n) is 9.62. The molecule has 0 fully saturated rings. The Morgan fingerprint density at radius 2 is 1.89 bits per heavy atom. The van der Waals surface area contributed by atoms with E-state index >= 15 is 0 Å². The lowest BCUT2D eigenvalue weighted by Crippen LogP contribution is -2.37. The van der Waals surface area contributed by atoms with Gasteiger partial charge in [0.25, 0.3) is 0 Å². The number of fused-ring (bicyclic) bond motifs is 2. The van der Waals surface area contributed by atoms with Gasteiger partial charge < -0.3 is 14.5 Å². The van der Waals surface area contributed by atoms with Crippen molar-refractivity contribution < 1.29 is 14.3 Å². The monoisotopic (exact) mass is 378 g/mol. The van der Waals surface area contributed by atoms with E-state index in [0.717, 1.165) is 46.6 Å². The molecule has 0 saturated heterocycles. The van der Waals surface area contributed by atoms with Gasteiger partial charge >= 0.3 is 0 Å². The van der Waals surface area contributed by atoms with E-state index in [4.69, 9.17) is 9.47 Å². The molecule has 28 heavy (non-hydrogen) atoms. The van der Waals surface area contributed by atoms with Crippen LogP contribution in [0.4, 0.5) is 0 Å². The summed E-state index contributed by atoms with van der Waals surface area (Å²) in [5.41, 5.74) is 5.21. The minimum atomic E-state index is 0.137. The van der Waals surface area contributed by atoms with Crippen molar-refractivity contribution in [2.45, 2.75) is 26.3 Å². The number of ketones is 1. The average Bonchev–Trinajstić information content (AvgIpc) is 3.05. The maximum Gasteiger partial charge on any atom is 0.179 e. The van der Waals surface area contributed by atoms with Gasteiger partial charge in [-0.2, -0.15) is 0 Å². The van der Waals surface area contributed by atoms with Crippen LogP contribution in [0.15, 0.2) is 36.4 Å². The zero-order valence-corrected chi connectivity index (χ0v) is 16.8. The molecular weight excluding hydrogens is 352 g/mol. The molecule has 1 aliphatic heterocycles. The molecule has 0 bridgehead atoms. The van der Waals surface area contributed by atoms with E-state index in [9.17, 15) is 4.79 Å². The summed E-state index contributed by atoms with van der Waals surface area (Å²) in [6.07, 6.45) is 0.889. The number of nitrogens with zero attached hydrogens (tertiary/aromatic N) is 1. The first-order chi connectivity index (χ1) is 13.5. The van der Waals surface area contributed by atoms with Gasteiger partial charge in [-0.3, -0.25) is 9.69 Å². The van der Waals surface area contributed by atoms with E-state index in [0.29, 0.717) is 6.54 Å². The largest absolute Gasteiger partial charge is 0.493 e. The maximum atomic E-state index is 13.2. The second kappa shape index (κ2) is 7.32. The summed E-state index contributed by atoms with van der Waals surface area (Å²) in [4.78, 5) is 18.8. The molecule has 1 N–H and O–H groups in total. The highest BCUT2D eigenvalue weighted by Gasteiger charge is 2.28. The van der Waals surface area contributed by atoms with Crippen LogP contribution in [-0.2, 0) is 6.42 Å². The van der Waals surface area contributed by atoms with Gasteiger partial charge in [-0.25, -0.2) is 0 Å². The Morgan fingerprint density at radius 3 is 2.64 bits per heavy atom. The SMILES string of the molecule is COc1cc2c(cc1OC)[C@@H](C)N(CC(=O)c1c(C)[nH]c3ccccc13)CC2. The quantitative estimate of drug-likeness (QED) is 0.673. The molecular formula is C23H26N2O3. The molecule has 0 unspecified atom stereocenters. The zero-order chi connectivity index (χ0) is 19.8. The Morgan fingerprint density at radius 1 is 1.18 bits per heavy atom. The first kappa shape index (κ1) is 18.6. The molecule has 0 radical (unpaired) electrons. The van der Waals surface area contributed by atoms with E-state index in [2.05, 4.69) is 22.9 Å². The number of hydrogen-bond donors (Lipinski definition) is 1. The summed E-state index contributed by atoms with van der Waals surface area (Å²) >= 11 is 0. The van der Waals surface area contributed by atoms with Crippen molar-refractivity contribution in [1.29, 1.82) is 0 Å². The highest BCUT2D eigenvalue weighted by Crippen LogP contribution is 2.38. The molecule has 0 aliphatic carbocycles. The van der Waals surface area contributed by atoms with Crippen LogP contribution in [0.2, 0.25) is 0 Å². The normalized spacial score (nSPS) is 16.8. The minimum Gasteiger partial charge on any atom is -0.493 e. The highest BCUT2D eigenvalue weighted by atomic mass is 16.5. The van der Waals surface area contributed by atoms with Crippen molar-refractivity contribution >= 4 is 16.7 Å². The van der Waals surface area contributed by atoms with E-state index in [1.807, 2.05) is 37.3 Å². The smallest absolute Gasteiger partial charge is 0.179 e. The molecule has 1 aliphatic rings. The van der Waals surface area contributed by atoms with Crippen molar-refractivity contribution in [1.82, 2.24) is 9.88 Å². The van der Waals surface area contributed by atoms with Gasteiger partial charge in [0.15, 0.2) is 17.3 Å². The fraction of sp³-hybridized carbons (Fsp3) is 0.348. The lowest BCUT2D eigenvalue weighted by atomic mass is 9.92. The minimum absolute atomic E-state index is 0.137. The molecule has 0 spiro atoms. The van der Waals surface area contributed by atoms with Crippen LogP contribution in [0.25, 0.3) is 10.9 Å². The number of aryl methyl sites for hydroxylation is 1. The number of ether oxygens (including phenoxy) is 2. The highest BCUT2D eigenvalue weighted by molar-refractivity contribution is 6.10. The third kappa shape index (κ3) is 3.06. The number of aromatic nitrogens is 1. The lowest BCUT2D eigenvalue weighted by Gasteiger charge is -2.35. The number of carbonyl (C=O) groups excluding carboxylic acids is 1.